The second-order valence-corrected chi connectivity index (χ2v) is 6.98. The van der Waals surface area contributed by atoms with Crippen LogP contribution in [-0.4, -0.2) is 37.8 Å². The molecular formula is C17H22N4OS. The lowest BCUT2D eigenvalue weighted by atomic mass is 10.1. The highest BCUT2D eigenvalue weighted by Crippen LogP contribution is 2.29. The van der Waals surface area contributed by atoms with Gasteiger partial charge < -0.3 is 4.90 Å². The second kappa shape index (κ2) is 7.64. The number of hydrogen-bond donors (Lipinski definition) is 1. The Labute approximate surface area is 140 Å². The maximum atomic E-state index is 12.7. The van der Waals surface area contributed by atoms with Crippen molar-refractivity contribution < 1.29 is 4.79 Å². The summed E-state index contributed by atoms with van der Waals surface area (Å²) in [5.41, 5.74) is 1.18. The van der Waals surface area contributed by atoms with Crippen LogP contribution in [-0.2, 0) is 17.8 Å². The highest BCUT2D eigenvalue weighted by atomic mass is 32.2. The normalized spacial score (nSPS) is 18.4. The van der Waals surface area contributed by atoms with Crippen LogP contribution in [0.1, 0.15) is 37.6 Å². The van der Waals surface area contributed by atoms with Gasteiger partial charge in [0, 0.05) is 19.5 Å². The summed E-state index contributed by atoms with van der Waals surface area (Å²) in [5.74, 6) is 1.10. The zero-order valence-electron chi connectivity index (χ0n) is 13.4. The monoisotopic (exact) mass is 330 g/mol. The van der Waals surface area contributed by atoms with E-state index in [9.17, 15) is 4.79 Å². The summed E-state index contributed by atoms with van der Waals surface area (Å²) < 4.78 is 0. The number of carbonyl (C=O) groups is 1. The number of benzene rings is 1. The van der Waals surface area contributed by atoms with Crippen LogP contribution in [0.4, 0.5) is 0 Å². The lowest BCUT2D eigenvalue weighted by molar-refractivity contribution is -0.133. The first-order chi connectivity index (χ1) is 11.3. The Bertz CT molecular complexity index is 643. The maximum Gasteiger partial charge on any atom is 0.236 e. The average Bonchev–Trinajstić information content (AvgIpc) is 3.00. The van der Waals surface area contributed by atoms with E-state index in [1.165, 1.54) is 17.3 Å². The van der Waals surface area contributed by atoms with E-state index in [0.29, 0.717) is 11.7 Å². The molecule has 1 fully saturated rings. The van der Waals surface area contributed by atoms with E-state index in [2.05, 4.69) is 34.2 Å². The Balaban J connectivity index is 1.62. The molecule has 1 aliphatic rings. The van der Waals surface area contributed by atoms with Crippen LogP contribution in [0.5, 0.6) is 0 Å². The zero-order valence-corrected chi connectivity index (χ0v) is 14.2. The van der Waals surface area contributed by atoms with Gasteiger partial charge in [0.1, 0.15) is 5.82 Å². The molecule has 6 heteroatoms. The molecule has 23 heavy (non-hydrogen) atoms. The second-order valence-electron chi connectivity index (χ2n) is 5.81. The number of aromatic nitrogens is 3. The molecule has 2 heterocycles. The molecule has 1 aromatic carbocycles. The Morgan fingerprint density at radius 1 is 1.35 bits per heavy atom. The van der Waals surface area contributed by atoms with E-state index in [1.807, 2.05) is 23.1 Å². The van der Waals surface area contributed by atoms with Gasteiger partial charge in [0.15, 0.2) is 0 Å². The Kier molecular flexibility index (Phi) is 5.33. The summed E-state index contributed by atoms with van der Waals surface area (Å²) in [6.45, 7) is 3.63. The number of H-pyrrole nitrogens is 1. The van der Waals surface area contributed by atoms with Gasteiger partial charge in [-0.25, -0.2) is 4.98 Å². The Morgan fingerprint density at radius 2 is 2.17 bits per heavy atom. The fourth-order valence-corrected chi connectivity index (χ4v) is 3.83. The van der Waals surface area contributed by atoms with E-state index < -0.39 is 0 Å². The van der Waals surface area contributed by atoms with Gasteiger partial charge in [-0.3, -0.25) is 9.89 Å². The molecule has 0 spiro atoms. The maximum absolute atomic E-state index is 12.7. The molecule has 5 nitrogen and oxygen atoms in total. The minimum Gasteiger partial charge on any atom is -0.337 e. The van der Waals surface area contributed by atoms with Crippen molar-refractivity contribution in [2.24, 2.45) is 0 Å². The molecule has 2 aromatic rings. The zero-order chi connectivity index (χ0) is 16.1. The fourth-order valence-electron chi connectivity index (χ4n) is 2.78. The average molecular weight is 330 g/mol. The van der Waals surface area contributed by atoms with Crippen molar-refractivity contribution in [3.05, 3.63) is 41.7 Å². The van der Waals surface area contributed by atoms with Crippen molar-refractivity contribution in [3.8, 4) is 0 Å². The van der Waals surface area contributed by atoms with Gasteiger partial charge in [-0.2, -0.15) is 0 Å². The Hall–Kier alpha value is -1.82. The lowest BCUT2D eigenvalue weighted by Crippen LogP contribution is -2.42. The van der Waals surface area contributed by atoms with E-state index in [-0.39, 0.29) is 11.2 Å². The number of nitrogens with zero attached hydrogens (tertiary/aromatic N) is 3. The number of rotatable bonds is 6. The summed E-state index contributed by atoms with van der Waals surface area (Å²) in [4.78, 5) is 19.1. The molecule has 0 aliphatic carbocycles. The highest BCUT2D eigenvalue weighted by molar-refractivity contribution is 8.00. The minimum absolute atomic E-state index is 0.0715. The molecule has 1 aromatic heterocycles. The van der Waals surface area contributed by atoms with Crippen molar-refractivity contribution in [3.63, 3.8) is 0 Å². The van der Waals surface area contributed by atoms with Crippen LogP contribution in [0.15, 0.2) is 35.5 Å². The minimum atomic E-state index is -0.0715. The van der Waals surface area contributed by atoms with Gasteiger partial charge in [0.25, 0.3) is 0 Å². The summed E-state index contributed by atoms with van der Waals surface area (Å²) in [7, 11) is 0. The van der Waals surface area contributed by atoms with Crippen molar-refractivity contribution in [2.75, 3.05) is 6.54 Å². The van der Waals surface area contributed by atoms with Crippen LogP contribution in [0.3, 0.4) is 0 Å². The molecule has 0 radical (unpaired) electrons. The molecule has 0 bridgehead atoms. The number of piperidine rings is 1. The number of aryl methyl sites for hydroxylation is 1. The van der Waals surface area contributed by atoms with E-state index >= 15 is 0 Å². The van der Waals surface area contributed by atoms with Gasteiger partial charge in [0.05, 0.1) is 5.25 Å². The molecule has 1 saturated heterocycles. The van der Waals surface area contributed by atoms with Crippen molar-refractivity contribution >= 4 is 17.7 Å². The first kappa shape index (κ1) is 16.1. The van der Waals surface area contributed by atoms with Crippen molar-refractivity contribution in [1.82, 2.24) is 20.1 Å². The molecule has 1 aliphatic heterocycles. The van der Waals surface area contributed by atoms with Gasteiger partial charge >= 0.3 is 0 Å². The Morgan fingerprint density at radius 3 is 2.96 bits per heavy atom. The quantitative estimate of drug-likeness (QED) is 0.884. The van der Waals surface area contributed by atoms with Gasteiger partial charge in [-0.1, -0.05) is 49.0 Å². The highest BCUT2D eigenvalue weighted by Gasteiger charge is 2.30. The number of nitrogens with one attached hydrogen (secondary N) is 1. The third-order valence-electron chi connectivity index (χ3n) is 3.94. The third-order valence-corrected chi connectivity index (χ3v) is 5.06. The van der Waals surface area contributed by atoms with Gasteiger partial charge in [-0.15, -0.1) is 5.10 Å². The third kappa shape index (κ3) is 4.13. The molecule has 122 valence electrons. The standard InChI is InChI=1S/C17H22N4OS/c1-2-7-15-18-17(20-19-15)23-14-10-6-11-21(16(14)22)12-13-8-4-3-5-9-13/h3-5,8-9,14H,2,6-7,10-12H2,1H3,(H,18,19,20)/t14-/m1/s1. The number of hydrogen-bond acceptors (Lipinski definition) is 4. The number of amides is 1. The summed E-state index contributed by atoms with van der Waals surface area (Å²) >= 11 is 1.49. The van der Waals surface area contributed by atoms with Crippen LogP contribution >= 0.6 is 11.8 Å². The lowest BCUT2D eigenvalue weighted by Gasteiger charge is -2.31. The van der Waals surface area contributed by atoms with Gasteiger partial charge in [-0.05, 0) is 24.8 Å². The smallest absolute Gasteiger partial charge is 0.236 e. The number of carbonyl (C=O) groups excluding carboxylic acids is 1. The van der Waals surface area contributed by atoms with Crippen LogP contribution < -0.4 is 0 Å². The number of likely N-dealkylation sites (tertiary alicyclic amines) is 1. The van der Waals surface area contributed by atoms with E-state index in [1.54, 1.807) is 0 Å². The molecule has 1 amide bonds. The first-order valence-electron chi connectivity index (χ1n) is 8.17. The molecule has 3 rings (SSSR count). The van der Waals surface area contributed by atoms with Crippen LogP contribution in [0.2, 0.25) is 0 Å². The molecule has 0 saturated carbocycles. The summed E-state index contributed by atoms with van der Waals surface area (Å²) in [6, 6.07) is 10.2. The number of aromatic amines is 1. The van der Waals surface area contributed by atoms with Crippen LogP contribution in [0.25, 0.3) is 0 Å². The van der Waals surface area contributed by atoms with E-state index in [0.717, 1.165) is 38.1 Å². The van der Waals surface area contributed by atoms with Crippen molar-refractivity contribution in [2.45, 2.75) is 49.6 Å². The molecule has 1 atom stereocenters. The van der Waals surface area contributed by atoms with Crippen LogP contribution in [0, 0.1) is 0 Å². The summed E-state index contributed by atoms with van der Waals surface area (Å²) in [5, 5.41) is 7.80. The molecular weight excluding hydrogens is 308 g/mol. The summed E-state index contributed by atoms with van der Waals surface area (Å²) in [6.07, 6.45) is 3.85. The largest absolute Gasteiger partial charge is 0.337 e. The first-order valence-corrected chi connectivity index (χ1v) is 9.05. The van der Waals surface area contributed by atoms with E-state index in [4.69, 9.17) is 0 Å². The van der Waals surface area contributed by atoms with Crippen molar-refractivity contribution in [1.29, 1.82) is 0 Å². The molecule has 1 N–H and O–H groups in total. The number of thioether (sulfide) groups is 1. The van der Waals surface area contributed by atoms with Gasteiger partial charge in [0.2, 0.25) is 11.1 Å². The molecule has 0 unspecified atom stereocenters. The fraction of sp³-hybridized carbons (Fsp3) is 0.471. The predicted octanol–water partition coefficient (Wildman–Crippen LogP) is 3.04. The topological polar surface area (TPSA) is 61.9 Å². The predicted molar refractivity (Wildman–Crippen MR) is 91.1 cm³/mol. The SMILES string of the molecule is CCCc1nc(S[C@@H]2CCCN(Cc3ccccc3)C2=O)n[nH]1.